The number of aromatic hydroxyl groups is 1. The van der Waals surface area contributed by atoms with Crippen LogP contribution in [-0.2, 0) is 14.9 Å². The number of rotatable bonds is 5. The second-order valence-electron chi connectivity index (χ2n) is 4.80. The molecule has 1 aromatic rings. The van der Waals surface area contributed by atoms with Crippen LogP contribution < -0.4 is 5.43 Å². The molecule has 0 saturated carbocycles. The van der Waals surface area contributed by atoms with Crippen molar-refractivity contribution in [1.29, 1.82) is 0 Å². The van der Waals surface area contributed by atoms with Crippen molar-refractivity contribution in [2.75, 3.05) is 25.7 Å². The molecule has 0 spiro atoms. The Kier molecular flexibility index (Phi) is 4.95. The first kappa shape index (κ1) is 16.3. The highest BCUT2D eigenvalue weighted by Crippen LogP contribution is 2.37. The van der Waals surface area contributed by atoms with E-state index in [9.17, 15) is 13.5 Å². The number of anilines is 1. The largest absolute Gasteiger partial charge is 0.504 e. The molecule has 2 rings (SSSR count). The van der Waals surface area contributed by atoms with E-state index in [1.54, 1.807) is 7.11 Å². The number of phenols is 1. The van der Waals surface area contributed by atoms with E-state index in [-0.39, 0.29) is 16.8 Å². The average Bonchev–Trinajstić information content (AvgIpc) is 2.79. The number of halogens is 1. The molecule has 0 radical (unpaired) electrons. The summed E-state index contributed by atoms with van der Waals surface area (Å²) in [6.45, 7) is 1.25. The van der Waals surface area contributed by atoms with Gasteiger partial charge in [0.1, 0.15) is 0 Å². The highest BCUT2D eigenvalue weighted by Gasteiger charge is 2.27. The molecule has 1 fully saturated rings. The van der Waals surface area contributed by atoms with Crippen molar-refractivity contribution in [3.05, 3.63) is 17.2 Å². The number of benzene rings is 1. The van der Waals surface area contributed by atoms with Gasteiger partial charge in [-0.05, 0) is 25.0 Å². The van der Waals surface area contributed by atoms with Gasteiger partial charge in [0.15, 0.2) is 10.6 Å². The quantitative estimate of drug-likeness (QED) is 0.556. The zero-order valence-electron chi connectivity index (χ0n) is 11.4. The first-order valence-electron chi connectivity index (χ1n) is 6.35. The maximum Gasteiger partial charge on any atom is 0.299 e. The smallest absolute Gasteiger partial charge is 0.299 e. The molecule has 0 amide bonds. The lowest BCUT2D eigenvalue weighted by atomic mass is 10.2. The van der Waals surface area contributed by atoms with Gasteiger partial charge in [-0.25, -0.2) is 5.01 Å². The van der Waals surface area contributed by atoms with Gasteiger partial charge in [0, 0.05) is 13.7 Å². The SMILES string of the molecule is COC[C@@H]1CCCN1Nc1ccc(Cl)c(S(=O)(=O)O)c1O. The van der Waals surface area contributed by atoms with Crippen LogP contribution in [0.2, 0.25) is 5.02 Å². The maximum atomic E-state index is 11.3. The molecule has 0 bridgehead atoms. The second kappa shape index (κ2) is 6.37. The maximum absolute atomic E-state index is 11.3. The lowest BCUT2D eigenvalue weighted by molar-refractivity contribution is 0.128. The molecule has 9 heteroatoms. The van der Waals surface area contributed by atoms with Crippen molar-refractivity contribution in [3.8, 4) is 5.75 Å². The van der Waals surface area contributed by atoms with Gasteiger partial charge in [0.05, 0.1) is 23.4 Å². The molecule has 21 heavy (non-hydrogen) atoms. The minimum absolute atomic E-state index is 0.124. The van der Waals surface area contributed by atoms with Gasteiger partial charge in [-0.3, -0.25) is 4.55 Å². The van der Waals surface area contributed by atoms with Crippen LogP contribution in [0.3, 0.4) is 0 Å². The third-order valence-corrected chi connectivity index (χ3v) is 4.70. The molecular formula is C12H17ClN2O5S. The number of phenolic OH excluding ortho intramolecular Hbond substituents is 1. The summed E-state index contributed by atoms with van der Waals surface area (Å²) in [5.41, 5.74) is 3.11. The molecule has 3 N–H and O–H groups in total. The molecule has 7 nitrogen and oxygen atoms in total. The molecule has 1 heterocycles. The molecule has 1 aliphatic heterocycles. The van der Waals surface area contributed by atoms with Crippen LogP contribution in [0.1, 0.15) is 12.8 Å². The van der Waals surface area contributed by atoms with Gasteiger partial charge in [-0.1, -0.05) is 11.6 Å². The van der Waals surface area contributed by atoms with Crippen molar-refractivity contribution in [3.63, 3.8) is 0 Å². The van der Waals surface area contributed by atoms with E-state index >= 15 is 0 Å². The van der Waals surface area contributed by atoms with E-state index in [1.807, 2.05) is 5.01 Å². The van der Waals surface area contributed by atoms with Crippen molar-refractivity contribution >= 4 is 27.4 Å². The van der Waals surface area contributed by atoms with Crippen molar-refractivity contribution in [1.82, 2.24) is 5.01 Å². The fourth-order valence-corrected chi connectivity index (χ4v) is 3.50. The standard InChI is InChI=1S/C12H17ClN2O5S/c1-20-7-8-3-2-6-15(8)14-10-5-4-9(13)12(11(10)16)21(17,18)19/h4-5,8,14,16H,2-3,6-7H2,1H3,(H,17,18,19)/t8-/m0/s1. The van der Waals surface area contributed by atoms with E-state index in [0.717, 1.165) is 19.4 Å². The van der Waals surface area contributed by atoms with E-state index in [1.165, 1.54) is 12.1 Å². The summed E-state index contributed by atoms with van der Waals surface area (Å²) in [4.78, 5) is -0.698. The fourth-order valence-electron chi connectivity index (χ4n) is 2.39. The Morgan fingerprint density at radius 1 is 1.52 bits per heavy atom. The van der Waals surface area contributed by atoms with E-state index in [4.69, 9.17) is 20.9 Å². The molecule has 1 atom stereocenters. The van der Waals surface area contributed by atoms with Crippen molar-refractivity contribution < 1.29 is 22.8 Å². The third-order valence-electron chi connectivity index (χ3n) is 3.34. The fraction of sp³-hybridized carbons (Fsp3) is 0.500. The van der Waals surface area contributed by atoms with Crippen LogP contribution in [0, 0.1) is 0 Å². The highest BCUT2D eigenvalue weighted by atomic mass is 35.5. The normalized spacial score (nSPS) is 19.9. The van der Waals surface area contributed by atoms with Gasteiger partial charge in [0.2, 0.25) is 0 Å². The second-order valence-corrected chi connectivity index (χ2v) is 6.57. The summed E-state index contributed by atoms with van der Waals surface area (Å²) in [6, 6.07) is 2.88. The minimum Gasteiger partial charge on any atom is -0.504 e. The van der Waals surface area contributed by atoms with Crippen LogP contribution in [0.4, 0.5) is 5.69 Å². The van der Waals surface area contributed by atoms with Gasteiger partial charge in [-0.2, -0.15) is 8.42 Å². The van der Waals surface area contributed by atoms with Crippen LogP contribution >= 0.6 is 11.6 Å². The van der Waals surface area contributed by atoms with Crippen LogP contribution in [0.15, 0.2) is 17.0 Å². The first-order chi connectivity index (χ1) is 9.84. The molecular weight excluding hydrogens is 320 g/mol. The van der Waals surface area contributed by atoms with Crippen LogP contribution in [0.5, 0.6) is 5.75 Å². The number of nitrogens with zero attached hydrogens (tertiary/aromatic N) is 1. The van der Waals surface area contributed by atoms with Gasteiger partial charge < -0.3 is 15.3 Å². The molecule has 1 aromatic carbocycles. The van der Waals surface area contributed by atoms with Gasteiger partial charge in [-0.15, -0.1) is 0 Å². The van der Waals surface area contributed by atoms with Gasteiger partial charge in [0.25, 0.3) is 10.1 Å². The number of hydrogen-bond acceptors (Lipinski definition) is 6. The molecule has 1 saturated heterocycles. The summed E-state index contributed by atoms with van der Waals surface area (Å²) >= 11 is 5.72. The number of methoxy groups -OCH3 is 1. The number of nitrogens with one attached hydrogen (secondary N) is 1. The first-order valence-corrected chi connectivity index (χ1v) is 8.17. The Balaban J connectivity index is 2.29. The van der Waals surface area contributed by atoms with Crippen LogP contribution in [-0.4, -0.2) is 49.4 Å². The highest BCUT2D eigenvalue weighted by molar-refractivity contribution is 7.86. The Bertz CT molecular complexity index is 622. The van der Waals surface area contributed by atoms with Gasteiger partial charge >= 0.3 is 0 Å². The summed E-state index contributed by atoms with van der Waals surface area (Å²) in [5, 5.41) is 11.7. The summed E-state index contributed by atoms with van der Waals surface area (Å²) < 4.78 is 36.8. The van der Waals surface area contributed by atoms with E-state index in [2.05, 4.69) is 5.43 Å². The van der Waals surface area contributed by atoms with Crippen LogP contribution in [0.25, 0.3) is 0 Å². The predicted molar refractivity (Wildman–Crippen MR) is 78.2 cm³/mol. The Labute approximate surface area is 128 Å². The molecule has 1 aliphatic rings. The minimum atomic E-state index is -4.61. The number of hydrogen-bond donors (Lipinski definition) is 3. The monoisotopic (exact) mass is 336 g/mol. The summed E-state index contributed by atoms with van der Waals surface area (Å²) in [5.74, 6) is -0.604. The zero-order valence-corrected chi connectivity index (χ0v) is 13.0. The summed E-state index contributed by atoms with van der Waals surface area (Å²) in [7, 11) is -3.01. The van der Waals surface area contributed by atoms with E-state index < -0.39 is 20.8 Å². The Hall–Kier alpha value is -1.06. The topological polar surface area (TPSA) is 99.1 Å². The lowest BCUT2D eigenvalue weighted by Crippen LogP contribution is -2.37. The molecule has 0 aromatic heterocycles. The third kappa shape index (κ3) is 3.58. The Morgan fingerprint density at radius 3 is 2.86 bits per heavy atom. The van der Waals surface area contributed by atoms with E-state index in [0.29, 0.717) is 6.61 Å². The number of hydrazine groups is 1. The zero-order chi connectivity index (χ0) is 15.6. The predicted octanol–water partition coefficient (Wildman–Crippen LogP) is 1.73. The molecule has 0 aliphatic carbocycles. The number of ether oxygens (including phenoxy) is 1. The van der Waals surface area contributed by atoms with Crippen molar-refractivity contribution in [2.45, 2.75) is 23.8 Å². The lowest BCUT2D eigenvalue weighted by Gasteiger charge is -2.26. The molecule has 118 valence electrons. The average molecular weight is 337 g/mol. The van der Waals surface area contributed by atoms with Crippen molar-refractivity contribution in [2.24, 2.45) is 0 Å². The Morgan fingerprint density at radius 2 is 2.24 bits per heavy atom. The summed E-state index contributed by atoms with van der Waals surface area (Å²) in [6.07, 6.45) is 1.89. The molecule has 0 unspecified atom stereocenters.